The summed E-state index contributed by atoms with van der Waals surface area (Å²) in [6, 6.07) is 18.8. The first-order chi connectivity index (χ1) is 23.6. The lowest BCUT2D eigenvalue weighted by molar-refractivity contribution is -0.148. The van der Waals surface area contributed by atoms with Crippen molar-refractivity contribution in [2.45, 2.75) is 79.0 Å². The number of rotatable bonds is 14. The normalized spacial score (nSPS) is 13.9. The highest BCUT2D eigenvalue weighted by Gasteiger charge is 2.44. The fraction of sp³-hybridized carbons (Fsp3) is 0.447. The van der Waals surface area contributed by atoms with E-state index in [9.17, 15) is 19.2 Å². The van der Waals surface area contributed by atoms with E-state index in [0.717, 1.165) is 28.7 Å². The molecule has 11 nitrogen and oxygen atoms in total. The molecule has 0 bridgehead atoms. The zero-order valence-corrected chi connectivity index (χ0v) is 29.4. The zero-order valence-electron chi connectivity index (χ0n) is 29.4. The molecule has 0 unspecified atom stereocenters. The van der Waals surface area contributed by atoms with Gasteiger partial charge >= 0.3 is 6.09 Å². The smallest absolute Gasteiger partial charge is 0.410 e. The number of carbonyl (C=O) groups is 4. The Morgan fingerprint density at radius 1 is 0.898 bits per heavy atom. The Hall–Kier alpha value is -4.77. The maximum Gasteiger partial charge on any atom is 0.410 e. The molecule has 1 fully saturated rings. The number of ether oxygens (including phenoxy) is 1. The van der Waals surface area contributed by atoms with Gasteiger partial charge in [-0.05, 0) is 93.1 Å². The number of pyridine rings is 1. The molecule has 11 heteroatoms. The molecule has 1 aliphatic heterocycles. The van der Waals surface area contributed by atoms with E-state index in [2.05, 4.69) is 20.9 Å². The predicted octanol–water partition coefficient (Wildman–Crippen LogP) is 5.55. The van der Waals surface area contributed by atoms with Crippen LogP contribution in [0.1, 0.15) is 69.2 Å². The van der Waals surface area contributed by atoms with E-state index in [1.807, 2.05) is 77.2 Å². The van der Waals surface area contributed by atoms with E-state index in [4.69, 9.17) is 4.74 Å². The lowest BCUT2D eigenvalue weighted by Gasteiger charge is -2.42. The van der Waals surface area contributed by atoms with E-state index in [-0.39, 0.29) is 49.4 Å². The van der Waals surface area contributed by atoms with Crippen molar-refractivity contribution < 1.29 is 23.9 Å². The molecule has 2 aromatic carbocycles. The van der Waals surface area contributed by atoms with Crippen molar-refractivity contribution in [3.05, 3.63) is 89.1 Å². The average Bonchev–Trinajstić information content (AvgIpc) is 3.09. The lowest BCUT2D eigenvalue weighted by Crippen LogP contribution is -2.52. The first-order valence-corrected chi connectivity index (χ1v) is 17.2. The molecule has 0 aliphatic carbocycles. The van der Waals surface area contributed by atoms with E-state index in [1.165, 1.54) is 0 Å². The van der Waals surface area contributed by atoms with Gasteiger partial charge in [0.25, 0.3) is 0 Å². The van der Waals surface area contributed by atoms with E-state index < -0.39 is 5.41 Å². The number of anilines is 2. The number of aromatic nitrogens is 1. The van der Waals surface area contributed by atoms with Crippen LogP contribution in [0.2, 0.25) is 0 Å². The molecule has 4 rings (SSSR count). The highest BCUT2D eigenvalue weighted by atomic mass is 16.6. The summed E-state index contributed by atoms with van der Waals surface area (Å²) < 4.78 is 5.40. The van der Waals surface area contributed by atoms with Crippen molar-refractivity contribution in [1.29, 1.82) is 0 Å². The van der Waals surface area contributed by atoms with Crippen molar-refractivity contribution in [3.63, 3.8) is 0 Å². The predicted molar refractivity (Wildman–Crippen MR) is 191 cm³/mol. The van der Waals surface area contributed by atoms with Crippen LogP contribution in [-0.4, -0.2) is 71.4 Å². The highest BCUT2D eigenvalue weighted by molar-refractivity contribution is 5.96. The second-order valence-electron chi connectivity index (χ2n) is 12.8. The first kappa shape index (κ1) is 37.1. The van der Waals surface area contributed by atoms with Gasteiger partial charge in [-0.15, -0.1) is 0 Å². The average molecular weight is 671 g/mol. The maximum absolute atomic E-state index is 14.5. The Morgan fingerprint density at radius 2 is 1.61 bits per heavy atom. The van der Waals surface area contributed by atoms with Crippen LogP contribution < -0.4 is 16.0 Å². The molecule has 0 atom stereocenters. The van der Waals surface area contributed by atoms with Gasteiger partial charge in [0, 0.05) is 38.1 Å². The number of amides is 4. The monoisotopic (exact) mass is 670 g/mol. The number of aryl methyl sites for hydroxylation is 1. The first-order valence-electron chi connectivity index (χ1n) is 17.2. The van der Waals surface area contributed by atoms with Gasteiger partial charge in [-0.1, -0.05) is 50.2 Å². The highest BCUT2D eigenvalue weighted by Crippen LogP contribution is 2.38. The standard InChI is InChI=1S/C38H50N6O5/c1-6-28-15-16-32(22-31(28)23-34(45)42-33-14-10-11-19-40-33)41-35(46)26-44(25-30-13-9-8-12-29(30)24-39-5)36(47)38(7-2)17-20-43(21-18-38)37(48)49-27(3)4/h8-16,19,22,27,39H,6-7,17-18,20-21,23-26H2,1-5H3,(H,41,46)(H,40,42,45). The molecule has 3 aromatic rings. The molecule has 2 heterocycles. The summed E-state index contributed by atoms with van der Waals surface area (Å²) in [6.45, 7) is 9.18. The van der Waals surface area contributed by atoms with Gasteiger partial charge in [-0.25, -0.2) is 9.78 Å². The Kier molecular flexibility index (Phi) is 13.3. The van der Waals surface area contributed by atoms with Gasteiger partial charge in [0.05, 0.1) is 17.9 Å². The van der Waals surface area contributed by atoms with Crippen LogP contribution >= 0.6 is 0 Å². The van der Waals surface area contributed by atoms with Gasteiger partial charge in [0.1, 0.15) is 12.4 Å². The number of hydrogen-bond acceptors (Lipinski definition) is 7. The molecule has 1 saturated heterocycles. The third-order valence-electron chi connectivity index (χ3n) is 9.07. The van der Waals surface area contributed by atoms with Crippen LogP contribution in [-0.2, 0) is 45.1 Å². The SMILES string of the molecule is CCc1ccc(NC(=O)CN(Cc2ccccc2CNC)C(=O)C2(CC)CCN(C(=O)OC(C)C)CC2)cc1CC(=O)Nc1ccccn1. The summed E-state index contributed by atoms with van der Waals surface area (Å²) in [5.41, 5.74) is 3.63. The number of likely N-dealkylation sites (tertiary alicyclic amines) is 1. The van der Waals surface area contributed by atoms with E-state index >= 15 is 0 Å². The lowest BCUT2D eigenvalue weighted by atomic mass is 9.74. The van der Waals surface area contributed by atoms with Gasteiger partial charge < -0.3 is 30.5 Å². The molecule has 4 amide bonds. The summed E-state index contributed by atoms with van der Waals surface area (Å²) >= 11 is 0. The molecule has 1 aliphatic rings. The summed E-state index contributed by atoms with van der Waals surface area (Å²) in [6.07, 6.45) is 3.41. The molecular weight excluding hydrogens is 620 g/mol. The molecule has 0 saturated carbocycles. The molecule has 3 N–H and O–H groups in total. The van der Waals surface area contributed by atoms with Crippen molar-refractivity contribution in [2.75, 3.05) is 37.3 Å². The van der Waals surface area contributed by atoms with Crippen LogP contribution in [0.25, 0.3) is 0 Å². The Morgan fingerprint density at radius 3 is 2.24 bits per heavy atom. The zero-order chi connectivity index (χ0) is 35.4. The third-order valence-corrected chi connectivity index (χ3v) is 9.07. The summed E-state index contributed by atoms with van der Waals surface area (Å²) in [5.74, 6) is -0.171. The number of hydrogen-bond donors (Lipinski definition) is 3. The fourth-order valence-electron chi connectivity index (χ4n) is 6.31. The largest absolute Gasteiger partial charge is 0.447 e. The minimum Gasteiger partial charge on any atom is -0.447 e. The Bertz CT molecular complexity index is 1590. The Labute approximate surface area is 289 Å². The number of benzene rings is 2. The van der Waals surface area contributed by atoms with Gasteiger partial charge in [0.2, 0.25) is 17.7 Å². The second-order valence-corrected chi connectivity index (χ2v) is 12.8. The van der Waals surface area contributed by atoms with Crippen LogP contribution in [0.5, 0.6) is 0 Å². The summed E-state index contributed by atoms with van der Waals surface area (Å²) in [4.78, 5) is 61.2. The van der Waals surface area contributed by atoms with Gasteiger partial charge in [-0.3, -0.25) is 14.4 Å². The fourth-order valence-corrected chi connectivity index (χ4v) is 6.31. The maximum atomic E-state index is 14.5. The number of piperidine rings is 1. The number of nitrogens with one attached hydrogen (secondary N) is 3. The van der Waals surface area contributed by atoms with Crippen LogP contribution in [0.3, 0.4) is 0 Å². The van der Waals surface area contributed by atoms with Gasteiger partial charge in [-0.2, -0.15) is 0 Å². The van der Waals surface area contributed by atoms with Gasteiger partial charge in [0.15, 0.2) is 0 Å². The van der Waals surface area contributed by atoms with E-state index in [0.29, 0.717) is 50.4 Å². The Balaban J connectivity index is 1.53. The van der Waals surface area contributed by atoms with Crippen LogP contribution in [0.15, 0.2) is 66.9 Å². The molecular formula is C38H50N6O5. The molecule has 0 radical (unpaired) electrons. The minimum atomic E-state index is -0.718. The van der Waals surface area contributed by atoms with Crippen molar-refractivity contribution in [1.82, 2.24) is 20.1 Å². The summed E-state index contributed by atoms with van der Waals surface area (Å²) in [7, 11) is 1.87. The quantitative estimate of drug-likeness (QED) is 0.205. The van der Waals surface area contributed by atoms with Crippen molar-refractivity contribution >= 4 is 35.3 Å². The molecule has 262 valence electrons. The molecule has 0 spiro atoms. The van der Waals surface area contributed by atoms with E-state index in [1.54, 1.807) is 34.2 Å². The topological polar surface area (TPSA) is 133 Å². The summed E-state index contributed by atoms with van der Waals surface area (Å²) in [5, 5.41) is 8.99. The number of carbonyl (C=O) groups excluding carboxylic acids is 4. The second kappa shape index (κ2) is 17.6. The molecule has 1 aromatic heterocycles. The van der Waals surface area contributed by atoms with Crippen molar-refractivity contribution in [2.24, 2.45) is 5.41 Å². The van der Waals surface area contributed by atoms with Crippen LogP contribution in [0, 0.1) is 5.41 Å². The molecule has 49 heavy (non-hydrogen) atoms. The van der Waals surface area contributed by atoms with Crippen LogP contribution in [0.4, 0.5) is 16.3 Å². The number of nitrogens with zero attached hydrogens (tertiary/aromatic N) is 3. The third kappa shape index (κ3) is 10.1. The van der Waals surface area contributed by atoms with Crippen molar-refractivity contribution in [3.8, 4) is 0 Å². The minimum absolute atomic E-state index is 0.102.